The molecule has 6 heteroatoms. The van der Waals surface area contributed by atoms with Crippen molar-refractivity contribution in [3.8, 4) is 0 Å². The van der Waals surface area contributed by atoms with Crippen molar-refractivity contribution in [1.82, 2.24) is 10.2 Å². The molecule has 3 fully saturated rings. The molecule has 6 nitrogen and oxygen atoms in total. The van der Waals surface area contributed by atoms with E-state index in [1.165, 1.54) is 38.5 Å². The van der Waals surface area contributed by atoms with Crippen LogP contribution in [0.5, 0.6) is 0 Å². The first-order chi connectivity index (χ1) is 13.5. The summed E-state index contributed by atoms with van der Waals surface area (Å²) in [6, 6.07) is 0.314. The van der Waals surface area contributed by atoms with E-state index in [2.05, 4.69) is 10.2 Å². The van der Waals surface area contributed by atoms with Gasteiger partial charge in [-0.2, -0.15) is 0 Å². The Kier molecular flexibility index (Phi) is 7.79. The molecule has 1 heterocycles. The third kappa shape index (κ3) is 3.88. The Balaban J connectivity index is 2.10. The van der Waals surface area contributed by atoms with E-state index < -0.39 is 0 Å². The summed E-state index contributed by atoms with van der Waals surface area (Å²) in [5, 5.41) is 3.91. The summed E-state index contributed by atoms with van der Waals surface area (Å²) in [6.07, 6.45) is 15.0. The van der Waals surface area contributed by atoms with Gasteiger partial charge in [0.05, 0.1) is 5.54 Å². The molecule has 9 N–H and O–H groups in total. The number of piperazine rings is 1. The Morgan fingerprint density at radius 3 is 1.82 bits per heavy atom. The summed E-state index contributed by atoms with van der Waals surface area (Å²) in [5.41, 5.74) is 26.2. The summed E-state index contributed by atoms with van der Waals surface area (Å²) in [6.45, 7) is 4.49. The predicted octanol–water partition coefficient (Wildman–Crippen LogP) is 1.41. The molecule has 28 heavy (non-hydrogen) atoms. The van der Waals surface area contributed by atoms with Gasteiger partial charge in [-0.1, -0.05) is 38.5 Å². The fraction of sp³-hybridized carbons (Fsp3) is 1.00. The standard InChI is InChI=1S/C22H46N6/c23-14-7-9-19-22(20(25)10-3-1-4-11-20,21(26)12-5-2-6-13-21)28(17-8-15-24)18-16-27-19/h19,27H,1-18,23-26H2. The largest absolute Gasteiger partial charge is 0.330 e. The van der Waals surface area contributed by atoms with Gasteiger partial charge in [0, 0.05) is 36.8 Å². The van der Waals surface area contributed by atoms with Gasteiger partial charge in [0.2, 0.25) is 0 Å². The van der Waals surface area contributed by atoms with E-state index in [0.29, 0.717) is 6.04 Å². The van der Waals surface area contributed by atoms with Crippen LogP contribution < -0.4 is 28.3 Å². The number of hydrogen-bond acceptors (Lipinski definition) is 6. The quantitative estimate of drug-likeness (QED) is 0.425. The number of nitrogens with two attached hydrogens (primary N) is 4. The van der Waals surface area contributed by atoms with Gasteiger partial charge in [0.25, 0.3) is 0 Å². The van der Waals surface area contributed by atoms with Crippen molar-refractivity contribution < 1.29 is 0 Å². The molecule has 3 aliphatic rings. The van der Waals surface area contributed by atoms with Crippen molar-refractivity contribution in [2.45, 2.75) is 106 Å². The van der Waals surface area contributed by atoms with Crippen molar-refractivity contribution >= 4 is 0 Å². The van der Waals surface area contributed by atoms with Crippen LogP contribution in [0.25, 0.3) is 0 Å². The van der Waals surface area contributed by atoms with Gasteiger partial charge in [0.15, 0.2) is 0 Å². The SMILES string of the molecule is NCCCC1NCCN(CCCN)C1(C1(N)CCCCC1)C1(N)CCCCC1. The summed E-state index contributed by atoms with van der Waals surface area (Å²) < 4.78 is 0. The van der Waals surface area contributed by atoms with E-state index in [1.807, 2.05) is 0 Å². The number of rotatable bonds is 8. The van der Waals surface area contributed by atoms with Gasteiger partial charge < -0.3 is 28.3 Å². The molecule has 0 amide bonds. The molecule has 2 aliphatic carbocycles. The van der Waals surface area contributed by atoms with Gasteiger partial charge in [0.1, 0.15) is 0 Å². The Labute approximate surface area is 172 Å². The zero-order chi connectivity index (χ0) is 20.1. The molecule has 1 saturated heterocycles. The molecular formula is C22H46N6. The van der Waals surface area contributed by atoms with Crippen LogP contribution in [0.1, 0.15) is 83.5 Å². The Morgan fingerprint density at radius 2 is 1.32 bits per heavy atom. The third-order valence-corrected chi connectivity index (χ3v) is 8.11. The minimum atomic E-state index is -0.237. The minimum absolute atomic E-state index is 0.205. The third-order valence-electron chi connectivity index (χ3n) is 8.11. The van der Waals surface area contributed by atoms with Crippen LogP contribution in [-0.2, 0) is 0 Å². The normalized spacial score (nSPS) is 30.2. The maximum absolute atomic E-state index is 7.48. The molecule has 0 aromatic heterocycles. The van der Waals surface area contributed by atoms with Gasteiger partial charge >= 0.3 is 0 Å². The first-order valence-electron chi connectivity index (χ1n) is 12.0. The summed E-state index contributed by atoms with van der Waals surface area (Å²) >= 11 is 0. The van der Waals surface area contributed by atoms with Crippen LogP contribution in [0, 0.1) is 0 Å². The van der Waals surface area contributed by atoms with Crippen LogP contribution in [0.2, 0.25) is 0 Å². The predicted molar refractivity (Wildman–Crippen MR) is 118 cm³/mol. The molecule has 0 bridgehead atoms. The molecule has 0 radical (unpaired) electrons. The second-order valence-corrected chi connectivity index (χ2v) is 9.77. The van der Waals surface area contributed by atoms with Crippen LogP contribution in [0.3, 0.4) is 0 Å². The summed E-state index contributed by atoms with van der Waals surface area (Å²) in [4.78, 5) is 2.72. The number of hydrogen-bond donors (Lipinski definition) is 5. The van der Waals surface area contributed by atoms with Crippen molar-refractivity contribution in [3.05, 3.63) is 0 Å². The van der Waals surface area contributed by atoms with E-state index in [9.17, 15) is 0 Å². The van der Waals surface area contributed by atoms with E-state index in [0.717, 1.165) is 77.7 Å². The average molecular weight is 395 g/mol. The van der Waals surface area contributed by atoms with Crippen molar-refractivity contribution in [2.75, 3.05) is 32.7 Å². The van der Waals surface area contributed by atoms with Crippen molar-refractivity contribution in [2.24, 2.45) is 22.9 Å². The lowest BCUT2D eigenvalue weighted by Crippen LogP contribution is -2.89. The van der Waals surface area contributed by atoms with Gasteiger partial charge in [-0.05, 0) is 58.0 Å². The molecule has 2 saturated carbocycles. The number of nitrogens with zero attached hydrogens (tertiary/aromatic N) is 1. The average Bonchev–Trinajstić information content (AvgIpc) is 2.71. The lowest BCUT2D eigenvalue weighted by atomic mass is 9.51. The second-order valence-electron chi connectivity index (χ2n) is 9.77. The topological polar surface area (TPSA) is 119 Å². The van der Waals surface area contributed by atoms with E-state index in [1.54, 1.807) is 0 Å². The van der Waals surface area contributed by atoms with Crippen LogP contribution in [0.15, 0.2) is 0 Å². The zero-order valence-electron chi connectivity index (χ0n) is 18.1. The fourth-order valence-corrected chi connectivity index (χ4v) is 7.07. The maximum Gasteiger partial charge on any atom is 0.0724 e. The second kappa shape index (κ2) is 9.71. The Morgan fingerprint density at radius 1 is 0.786 bits per heavy atom. The smallest absolute Gasteiger partial charge is 0.0724 e. The molecule has 0 aromatic carbocycles. The Hall–Kier alpha value is -0.240. The fourth-order valence-electron chi connectivity index (χ4n) is 7.07. The molecule has 1 atom stereocenters. The van der Waals surface area contributed by atoms with Crippen molar-refractivity contribution in [3.63, 3.8) is 0 Å². The lowest BCUT2D eigenvalue weighted by Gasteiger charge is -2.69. The first-order valence-corrected chi connectivity index (χ1v) is 12.0. The maximum atomic E-state index is 7.48. The highest BCUT2D eigenvalue weighted by molar-refractivity contribution is 5.28. The Bertz CT molecular complexity index is 428. The molecule has 164 valence electrons. The lowest BCUT2D eigenvalue weighted by molar-refractivity contribution is -0.117. The molecule has 3 rings (SSSR count). The number of nitrogens with one attached hydrogen (secondary N) is 1. The molecular weight excluding hydrogens is 348 g/mol. The van der Waals surface area contributed by atoms with E-state index >= 15 is 0 Å². The van der Waals surface area contributed by atoms with Crippen molar-refractivity contribution in [1.29, 1.82) is 0 Å². The monoisotopic (exact) mass is 394 g/mol. The minimum Gasteiger partial charge on any atom is -0.330 e. The summed E-state index contributed by atoms with van der Waals surface area (Å²) in [5.74, 6) is 0. The zero-order valence-corrected chi connectivity index (χ0v) is 18.1. The van der Waals surface area contributed by atoms with Gasteiger partial charge in [-0.3, -0.25) is 4.90 Å². The molecule has 1 unspecified atom stereocenters. The highest BCUT2D eigenvalue weighted by Gasteiger charge is 2.66. The first kappa shape index (κ1) is 22.4. The van der Waals surface area contributed by atoms with Gasteiger partial charge in [-0.25, -0.2) is 0 Å². The summed E-state index contributed by atoms with van der Waals surface area (Å²) in [7, 11) is 0. The molecule has 1 aliphatic heterocycles. The van der Waals surface area contributed by atoms with Crippen LogP contribution >= 0.6 is 0 Å². The van der Waals surface area contributed by atoms with E-state index in [4.69, 9.17) is 22.9 Å². The van der Waals surface area contributed by atoms with Crippen LogP contribution in [0.4, 0.5) is 0 Å². The van der Waals surface area contributed by atoms with Crippen LogP contribution in [-0.4, -0.2) is 60.3 Å². The van der Waals surface area contributed by atoms with E-state index in [-0.39, 0.29) is 16.6 Å². The molecule has 0 aromatic rings. The molecule has 0 spiro atoms. The highest BCUT2D eigenvalue weighted by Crippen LogP contribution is 2.52. The van der Waals surface area contributed by atoms with Gasteiger partial charge in [-0.15, -0.1) is 0 Å². The highest BCUT2D eigenvalue weighted by atomic mass is 15.3.